The van der Waals surface area contributed by atoms with E-state index in [9.17, 15) is 9.90 Å². The number of carboxylic acid groups (broad SMARTS) is 1. The molecule has 0 aliphatic carbocycles. The number of rotatable bonds is 12. The van der Waals surface area contributed by atoms with Gasteiger partial charge in [0.1, 0.15) is 11.8 Å². The first kappa shape index (κ1) is 31.2. The van der Waals surface area contributed by atoms with Crippen molar-refractivity contribution in [3.8, 4) is 17.1 Å². The van der Waals surface area contributed by atoms with Crippen molar-refractivity contribution in [2.75, 3.05) is 11.3 Å². The van der Waals surface area contributed by atoms with Gasteiger partial charge in [-0.2, -0.15) is 4.98 Å². The Labute approximate surface area is 255 Å². The van der Waals surface area contributed by atoms with Crippen molar-refractivity contribution in [3.05, 3.63) is 88.5 Å². The van der Waals surface area contributed by atoms with Crippen LogP contribution in [0.4, 0.5) is 5.95 Å². The molecule has 0 aliphatic rings. The molecular formula is C31H35ClN6O3S. The van der Waals surface area contributed by atoms with Gasteiger partial charge in [0.05, 0.1) is 23.1 Å². The summed E-state index contributed by atoms with van der Waals surface area (Å²) in [6.45, 7) is 11.5. The summed E-state index contributed by atoms with van der Waals surface area (Å²) in [5.74, 6) is -0.207. The van der Waals surface area contributed by atoms with Gasteiger partial charge in [-0.15, -0.1) is 0 Å². The van der Waals surface area contributed by atoms with E-state index in [1.165, 1.54) is 18.1 Å². The van der Waals surface area contributed by atoms with Crippen LogP contribution in [0.3, 0.4) is 0 Å². The molecule has 0 spiro atoms. The number of halogens is 1. The van der Waals surface area contributed by atoms with Crippen LogP contribution in [0.25, 0.3) is 11.3 Å². The highest BCUT2D eigenvalue weighted by atomic mass is 35.5. The Bertz CT molecular complexity index is 1530. The molecule has 0 saturated carbocycles. The van der Waals surface area contributed by atoms with Crippen molar-refractivity contribution < 1.29 is 14.6 Å². The first-order valence-corrected chi connectivity index (χ1v) is 14.7. The zero-order valence-corrected chi connectivity index (χ0v) is 25.9. The largest absolute Gasteiger partial charge is 0.478 e. The van der Waals surface area contributed by atoms with Crippen molar-refractivity contribution in [1.29, 1.82) is 0 Å². The highest BCUT2D eigenvalue weighted by Crippen LogP contribution is 2.30. The maximum Gasteiger partial charge on any atom is 0.335 e. The molecule has 4 aromatic rings. The summed E-state index contributed by atoms with van der Waals surface area (Å²) in [4.78, 5) is 30.0. The lowest BCUT2D eigenvalue weighted by atomic mass is 9.88. The summed E-state index contributed by atoms with van der Waals surface area (Å²) in [6, 6.07) is 14.6. The molecule has 11 heteroatoms. The molecule has 4 rings (SSSR count). The maximum atomic E-state index is 11.4. The lowest BCUT2D eigenvalue weighted by Gasteiger charge is -2.27. The molecule has 0 aliphatic heterocycles. The van der Waals surface area contributed by atoms with Crippen molar-refractivity contribution in [2.24, 2.45) is 5.41 Å². The molecular weight excluding hydrogens is 572 g/mol. The summed E-state index contributed by atoms with van der Waals surface area (Å²) in [5.41, 5.74) is 4.91. The number of carbonyl (C=O) groups is 1. The van der Waals surface area contributed by atoms with E-state index in [0.29, 0.717) is 30.1 Å². The third-order valence-electron chi connectivity index (χ3n) is 6.30. The van der Waals surface area contributed by atoms with Gasteiger partial charge in [-0.25, -0.2) is 14.8 Å². The highest BCUT2D eigenvalue weighted by Gasteiger charge is 2.21. The molecule has 0 bridgehead atoms. The number of benzene rings is 2. The zero-order valence-electron chi connectivity index (χ0n) is 24.3. The second kappa shape index (κ2) is 14.0. The van der Waals surface area contributed by atoms with Crippen LogP contribution in [0.15, 0.2) is 65.8 Å². The molecule has 2 aromatic heterocycles. The van der Waals surface area contributed by atoms with Crippen LogP contribution in [0.5, 0.6) is 5.88 Å². The minimum Gasteiger partial charge on any atom is -0.478 e. The fourth-order valence-electron chi connectivity index (χ4n) is 4.52. The standard InChI is InChI=1S/C31H35ClN6O3S/c1-19-8-6-9-20(2)28(19)25-13-27(37-30(36-25)38-42-24-11-7-10-21(12-24)29(39)40)41-18-22(14-31(3,4)5)34-16-23-15-33-17-26(32)35-23/h6-13,15,17,22,34H,14,16,18H2,1-5H3,(H,39,40)(H,36,37,38)/t22-/m1/s1. The van der Waals surface area contributed by atoms with E-state index in [1.54, 1.807) is 24.4 Å². The molecule has 0 saturated heterocycles. The van der Waals surface area contributed by atoms with Gasteiger partial charge < -0.3 is 15.2 Å². The second-order valence-corrected chi connectivity index (χ2v) is 12.5. The van der Waals surface area contributed by atoms with Gasteiger partial charge in [-0.3, -0.25) is 9.71 Å². The van der Waals surface area contributed by atoms with Crippen LogP contribution < -0.4 is 14.8 Å². The molecule has 220 valence electrons. The first-order valence-electron chi connectivity index (χ1n) is 13.5. The summed E-state index contributed by atoms with van der Waals surface area (Å²) in [7, 11) is 0. The monoisotopic (exact) mass is 606 g/mol. The fraction of sp³-hybridized carbons (Fsp3) is 0.323. The van der Waals surface area contributed by atoms with Crippen LogP contribution in [0.1, 0.15) is 54.4 Å². The number of aromatic nitrogens is 4. The van der Waals surface area contributed by atoms with E-state index in [1.807, 2.05) is 44.2 Å². The Morgan fingerprint density at radius 3 is 2.48 bits per heavy atom. The van der Waals surface area contributed by atoms with Gasteiger partial charge in [-0.05, 0) is 67.0 Å². The molecule has 3 N–H and O–H groups in total. The number of anilines is 1. The van der Waals surface area contributed by atoms with E-state index in [-0.39, 0.29) is 17.0 Å². The quantitative estimate of drug-likeness (QED) is 0.145. The van der Waals surface area contributed by atoms with Crippen molar-refractivity contribution in [2.45, 2.75) is 58.5 Å². The third kappa shape index (κ3) is 9.14. The van der Waals surface area contributed by atoms with Crippen molar-refractivity contribution >= 4 is 35.5 Å². The molecule has 0 radical (unpaired) electrons. The topological polar surface area (TPSA) is 122 Å². The minimum atomic E-state index is -0.984. The Hall–Kier alpha value is -3.73. The van der Waals surface area contributed by atoms with Crippen molar-refractivity contribution in [1.82, 2.24) is 25.3 Å². The van der Waals surface area contributed by atoms with E-state index in [2.05, 4.69) is 45.8 Å². The predicted molar refractivity (Wildman–Crippen MR) is 167 cm³/mol. The Kier molecular flexibility index (Phi) is 10.4. The SMILES string of the molecule is Cc1cccc(C)c1-c1cc(OC[C@@H](CC(C)(C)C)NCc2cncc(Cl)n2)nc(NSc2cccc(C(=O)O)c2)n1. The molecule has 2 heterocycles. The number of nitrogens with one attached hydrogen (secondary N) is 2. The van der Waals surface area contributed by atoms with Gasteiger partial charge in [0.2, 0.25) is 11.8 Å². The normalized spacial score (nSPS) is 12.1. The lowest BCUT2D eigenvalue weighted by Crippen LogP contribution is -2.37. The van der Waals surface area contributed by atoms with Crippen LogP contribution >= 0.6 is 23.5 Å². The number of aromatic carboxylic acids is 1. The predicted octanol–water partition coefficient (Wildman–Crippen LogP) is 6.99. The van der Waals surface area contributed by atoms with Crippen LogP contribution in [-0.2, 0) is 6.54 Å². The zero-order chi connectivity index (χ0) is 30.3. The Morgan fingerprint density at radius 1 is 1.05 bits per heavy atom. The molecule has 9 nitrogen and oxygen atoms in total. The smallest absolute Gasteiger partial charge is 0.335 e. The minimum absolute atomic E-state index is 0.00561. The highest BCUT2D eigenvalue weighted by molar-refractivity contribution is 8.00. The maximum absolute atomic E-state index is 11.4. The molecule has 42 heavy (non-hydrogen) atoms. The molecule has 0 unspecified atom stereocenters. The Morgan fingerprint density at radius 2 is 1.79 bits per heavy atom. The first-order chi connectivity index (χ1) is 20.0. The van der Waals surface area contributed by atoms with Crippen LogP contribution in [0.2, 0.25) is 5.15 Å². The van der Waals surface area contributed by atoms with Crippen molar-refractivity contribution in [3.63, 3.8) is 0 Å². The number of ether oxygens (including phenoxy) is 1. The average molecular weight is 607 g/mol. The molecule has 1 atom stereocenters. The number of hydrogen-bond acceptors (Lipinski definition) is 9. The van der Waals surface area contributed by atoms with Crippen LogP contribution in [0, 0.1) is 19.3 Å². The van der Waals surface area contributed by atoms with Gasteiger partial charge in [0.15, 0.2) is 0 Å². The number of nitrogens with zero attached hydrogens (tertiary/aromatic N) is 4. The summed E-state index contributed by atoms with van der Waals surface area (Å²) < 4.78 is 9.48. The average Bonchev–Trinajstić information content (AvgIpc) is 2.93. The summed E-state index contributed by atoms with van der Waals surface area (Å²) in [5, 5.41) is 13.2. The van der Waals surface area contributed by atoms with E-state index >= 15 is 0 Å². The van der Waals surface area contributed by atoms with E-state index in [0.717, 1.165) is 39.4 Å². The third-order valence-corrected chi connectivity index (χ3v) is 7.26. The van der Waals surface area contributed by atoms with E-state index < -0.39 is 5.97 Å². The Balaban J connectivity index is 1.58. The summed E-state index contributed by atoms with van der Waals surface area (Å²) in [6.07, 6.45) is 4.05. The van der Waals surface area contributed by atoms with Gasteiger partial charge in [0.25, 0.3) is 0 Å². The fourth-order valence-corrected chi connectivity index (χ4v) is 5.32. The van der Waals surface area contributed by atoms with Gasteiger partial charge in [0, 0.05) is 35.3 Å². The van der Waals surface area contributed by atoms with Crippen LogP contribution in [-0.4, -0.2) is 43.7 Å². The molecule has 2 aromatic carbocycles. The van der Waals surface area contributed by atoms with E-state index in [4.69, 9.17) is 21.3 Å². The number of hydrogen-bond donors (Lipinski definition) is 3. The summed E-state index contributed by atoms with van der Waals surface area (Å²) >= 11 is 7.26. The second-order valence-electron chi connectivity index (χ2n) is 11.2. The van der Waals surface area contributed by atoms with Gasteiger partial charge >= 0.3 is 5.97 Å². The number of aryl methyl sites for hydroxylation is 2. The molecule has 0 fully saturated rings. The lowest BCUT2D eigenvalue weighted by molar-refractivity contribution is 0.0696. The van der Waals surface area contributed by atoms with Gasteiger partial charge in [-0.1, -0.05) is 56.6 Å². The molecule has 0 amide bonds. The number of carboxylic acids is 1.